The molecule has 1 aliphatic heterocycles. The van der Waals surface area contributed by atoms with Crippen LogP contribution in [0.5, 0.6) is 11.5 Å². The first-order valence-electron chi connectivity index (χ1n) is 12.4. The van der Waals surface area contributed by atoms with E-state index in [0.29, 0.717) is 16.6 Å². The highest BCUT2D eigenvalue weighted by atomic mass is 35.5. The predicted molar refractivity (Wildman–Crippen MR) is 144 cm³/mol. The number of fused-ring (bicyclic) bond motifs is 2. The van der Waals surface area contributed by atoms with Gasteiger partial charge in [-0.15, -0.1) is 0 Å². The molecule has 3 heterocycles. The zero-order valence-electron chi connectivity index (χ0n) is 20.4. The van der Waals surface area contributed by atoms with Gasteiger partial charge in [-0.2, -0.15) is 5.10 Å². The molecule has 6 rings (SSSR count). The maximum atomic E-state index is 13.9. The molecular weight excluding hydrogens is 493 g/mol. The highest BCUT2D eigenvalue weighted by Gasteiger charge is 2.22. The number of ether oxygens (including phenoxy) is 2. The third-order valence-electron chi connectivity index (χ3n) is 7.11. The van der Waals surface area contributed by atoms with Crippen LogP contribution in [0.4, 0.5) is 15.8 Å². The summed E-state index contributed by atoms with van der Waals surface area (Å²) >= 11 is 6.26. The number of amidine groups is 1. The van der Waals surface area contributed by atoms with Crippen molar-refractivity contribution >= 4 is 34.3 Å². The molecule has 0 unspecified atom stereocenters. The van der Waals surface area contributed by atoms with Gasteiger partial charge >= 0.3 is 0 Å². The molecule has 1 aliphatic carbocycles. The van der Waals surface area contributed by atoms with Gasteiger partial charge in [0.25, 0.3) is 0 Å². The monoisotopic (exact) mass is 519 g/mol. The fraction of sp³-hybridized carbons (Fsp3) is 0.286. The summed E-state index contributed by atoms with van der Waals surface area (Å²) in [5.41, 5.74) is 12.2. The van der Waals surface area contributed by atoms with Gasteiger partial charge in [0.15, 0.2) is 11.5 Å². The van der Waals surface area contributed by atoms with Crippen LogP contribution in [0.2, 0.25) is 5.02 Å². The van der Waals surface area contributed by atoms with Gasteiger partial charge in [-0.05, 0) is 49.6 Å². The molecule has 0 spiro atoms. The summed E-state index contributed by atoms with van der Waals surface area (Å²) in [6, 6.07) is 10.4. The fourth-order valence-corrected chi connectivity index (χ4v) is 5.35. The van der Waals surface area contributed by atoms with Gasteiger partial charge in [-0.3, -0.25) is 0 Å². The molecule has 2 aromatic carbocycles. The first-order valence-corrected chi connectivity index (χ1v) is 12.8. The summed E-state index contributed by atoms with van der Waals surface area (Å²) in [6.45, 7) is 2.25. The largest absolute Gasteiger partial charge is 0.454 e. The Labute approximate surface area is 219 Å². The Hall–Kier alpha value is -3.78. The Bertz CT molecular complexity index is 1530. The number of nitrogens with one attached hydrogen (secondary N) is 1. The number of hydrogen-bond donors (Lipinski definition) is 2. The lowest BCUT2D eigenvalue weighted by molar-refractivity contribution is 0.173. The normalized spacial score (nSPS) is 15.9. The van der Waals surface area contributed by atoms with Gasteiger partial charge in [0.1, 0.15) is 11.7 Å². The van der Waals surface area contributed by atoms with Crippen LogP contribution in [0, 0.1) is 12.7 Å². The third kappa shape index (κ3) is 4.46. The lowest BCUT2D eigenvalue weighted by atomic mass is 9.95. The minimum atomic E-state index is -0.430. The summed E-state index contributed by atoms with van der Waals surface area (Å²) in [7, 11) is 0. The topological polar surface area (TPSA) is 86.2 Å². The molecule has 0 saturated heterocycles. The van der Waals surface area contributed by atoms with E-state index in [1.165, 1.54) is 37.5 Å². The number of aromatic nitrogens is 2. The standard InChI is InChI=1S/C28H27ClFN5O2/c1-16-20(8-10-25-27(16)37-15-36-25)17-11-24-26(33-19-5-3-2-4-6-19)21(13-32-35(24)14-17)28(31)34-23-12-18(30)7-9-22(23)29/h7-14,19,33H,2-6,15H2,1H3,(H2,31,34). The van der Waals surface area contributed by atoms with Crippen molar-refractivity contribution in [2.24, 2.45) is 10.7 Å². The van der Waals surface area contributed by atoms with Crippen molar-refractivity contribution in [3.05, 3.63) is 70.8 Å². The van der Waals surface area contributed by atoms with E-state index in [2.05, 4.69) is 21.5 Å². The number of nitrogens with zero attached hydrogens (tertiary/aromatic N) is 3. The smallest absolute Gasteiger partial charge is 0.231 e. The zero-order chi connectivity index (χ0) is 25.5. The molecular formula is C28H27ClFN5O2. The maximum absolute atomic E-state index is 13.9. The highest BCUT2D eigenvalue weighted by Crippen LogP contribution is 2.41. The van der Waals surface area contributed by atoms with Crippen LogP contribution >= 0.6 is 11.6 Å². The molecule has 190 valence electrons. The van der Waals surface area contributed by atoms with E-state index < -0.39 is 5.82 Å². The molecule has 0 atom stereocenters. The second kappa shape index (κ2) is 9.59. The van der Waals surface area contributed by atoms with E-state index in [1.54, 1.807) is 6.20 Å². The van der Waals surface area contributed by atoms with Crippen LogP contribution in [0.25, 0.3) is 16.6 Å². The molecule has 0 bridgehead atoms. The molecule has 0 amide bonds. The average Bonchev–Trinajstić information content (AvgIpc) is 3.55. The van der Waals surface area contributed by atoms with Crippen molar-refractivity contribution in [2.75, 3.05) is 12.1 Å². The predicted octanol–water partition coefficient (Wildman–Crippen LogP) is 6.61. The number of hydrogen-bond acceptors (Lipinski definition) is 5. The Balaban J connectivity index is 1.47. The zero-order valence-corrected chi connectivity index (χ0v) is 21.2. The average molecular weight is 520 g/mol. The van der Waals surface area contributed by atoms with Gasteiger partial charge in [-0.25, -0.2) is 13.9 Å². The van der Waals surface area contributed by atoms with Gasteiger partial charge < -0.3 is 20.5 Å². The van der Waals surface area contributed by atoms with Gasteiger partial charge in [0.2, 0.25) is 6.79 Å². The second-order valence-corrected chi connectivity index (χ2v) is 9.94. The summed E-state index contributed by atoms with van der Waals surface area (Å²) in [6.07, 6.45) is 9.45. The minimum absolute atomic E-state index is 0.211. The number of rotatable bonds is 5. The first kappa shape index (κ1) is 23.6. The molecule has 9 heteroatoms. The Morgan fingerprint density at radius 3 is 2.84 bits per heavy atom. The van der Waals surface area contributed by atoms with E-state index in [-0.39, 0.29) is 18.3 Å². The van der Waals surface area contributed by atoms with Gasteiger partial charge in [0.05, 0.1) is 33.7 Å². The Morgan fingerprint density at radius 1 is 1.16 bits per heavy atom. The first-order chi connectivity index (χ1) is 18.0. The number of anilines is 1. The quantitative estimate of drug-likeness (QED) is 0.229. The molecule has 37 heavy (non-hydrogen) atoms. The molecule has 1 saturated carbocycles. The van der Waals surface area contributed by atoms with Crippen molar-refractivity contribution in [1.82, 2.24) is 9.61 Å². The van der Waals surface area contributed by atoms with Crippen molar-refractivity contribution in [2.45, 2.75) is 45.1 Å². The molecule has 2 aliphatic rings. The van der Waals surface area contributed by atoms with Crippen molar-refractivity contribution in [3.8, 4) is 22.6 Å². The van der Waals surface area contributed by atoms with Crippen LogP contribution in [-0.2, 0) is 0 Å². The molecule has 3 N–H and O–H groups in total. The van der Waals surface area contributed by atoms with Crippen LogP contribution in [0.3, 0.4) is 0 Å². The van der Waals surface area contributed by atoms with Crippen LogP contribution in [0.1, 0.15) is 43.2 Å². The lowest BCUT2D eigenvalue weighted by Gasteiger charge is -2.25. The van der Waals surface area contributed by atoms with Crippen molar-refractivity contribution in [1.29, 1.82) is 0 Å². The van der Waals surface area contributed by atoms with Crippen LogP contribution in [0.15, 0.2) is 53.8 Å². The summed E-state index contributed by atoms with van der Waals surface area (Å²) in [5, 5.41) is 8.69. The molecule has 4 aromatic rings. The van der Waals surface area contributed by atoms with E-state index in [9.17, 15) is 4.39 Å². The number of halogens is 2. The number of benzene rings is 2. The van der Waals surface area contributed by atoms with Gasteiger partial charge in [-0.1, -0.05) is 36.9 Å². The molecule has 1 fully saturated rings. The number of aliphatic imine (C=N–C) groups is 1. The van der Waals surface area contributed by atoms with Gasteiger partial charge in [0, 0.05) is 29.4 Å². The third-order valence-corrected chi connectivity index (χ3v) is 7.43. The van der Waals surface area contributed by atoms with E-state index in [1.807, 2.05) is 29.8 Å². The number of nitrogens with two attached hydrogens (primary N) is 1. The van der Waals surface area contributed by atoms with E-state index in [0.717, 1.165) is 52.2 Å². The summed E-state index contributed by atoms with van der Waals surface area (Å²) < 4.78 is 26.9. The lowest BCUT2D eigenvalue weighted by Crippen LogP contribution is -2.25. The minimum Gasteiger partial charge on any atom is -0.454 e. The fourth-order valence-electron chi connectivity index (χ4n) is 5.19. The molecule has 0 radical (unpaired) electrons. The molecule has 2 aromatic heterocycles. The van der Waals surface area contributed by atoms with Crippen LogP contribution in [-0.4, -0.2) is 28.3 Å². The van der Waals surface area contributed by atoms with E-state index >= 15 is 0 Å². The highest BCUT2D eigenvalue weighted by molar-refractivity contribution is 6.33. The van der Waals surface area contributed by atoms with Crippen LogP contribution < -0.4 is 20.5 Å². The Morgan fingerprint density at radius 2 is 2.00 bits per heavy atom. The second-order valence-electron chi connectivity index (χ2n) is 9.54. The molecule has 7 nitrogen and oxygen atoms in total. The summed E-state index contributed by atoms with van der Waals surface area (Å²) in [5.74, 6) is 1.30. The Kier molecular flexibility index (Phi) is 6.12. The van der Waals surface area contributed by atoms with E-state index in [4.69, 9.17) is 26.8 Å². The van der Waals surface area contributed by atoms with Crippen molar-refractivity contribution in [3.63, 3.8) is 0 Å². The van der Waals surface area contributed by atoms with Crippen molar-refractivity contribution < 1.29 is 13.9 Å². The maximum Gasteiger partial charge on any atom is 0.231 e. The summed E-state index contributed by atoms with van der Waals surface area (Å²) in [4.78, 5) is 4.47. The SMILES string of the molecule is Cc1c(-c2cc3c(NC4CCCCC4)c(C(N)=Nc4cc(F)ccc4Cl)cnn3c2)ccc2c1OCO2.